The van der Waals surface area contributed by atoms with Gasteiger partial charge in [-0.2, -0.15) is 5.26 Å². The van der Waals surface area contributed by atoms with Crippen molar-refractivity contribution in [3.8, 4) is 34.2 Å². The molecule has 1 aromatic heterocycles. The molecular formula is C24H22N2O. The Hall–Kier alpha value is -3.38. The van der Waals surface area contributed by atoms with Gasteiger partial charge in [0.2, 0.25) is 0 Å². The summed E-state index contributed by atoms with van der Waals surface area (Å²) < 4.78 is 5.67. The van der Waals surface area contributed by atoms with Crippen molar-refractivity contribution in [2.24, 2.45) is 0 Å². The number of pyridine rings is 1. The van der Waals surface area contributed by atoms with Crippen LogP contribution in [-0.2, 0) is 0 Å². The standard InChI is InChI=1S/C24H22N2O/c1-2-3-4-5-16-27-23-14-15-24(26-18-23)22-12-10-21(11-13-22)20-8-6-19(17-25)7-9-20/h4-15,18H,2-3,16H2,1H3. The number of hydrogen-bond acceptors (Lipinski definition) is 3. The molecule has 3 rings (SSSR count). The highest BCUT2D eigenvalue weighted by molar-refractivity contribution is 5.69. The van der Waals surface area contributed by atoms with E-state index in [2.05, 4.69) is 48.3 Å². The minimum Gasteiger partial charge on any atom is -0.488 e. The summed E-state index contributed by atoms with van der Waals surface area (Å²) in [6.45, 7) is 2.73. The summed E-state index contributed by atoms with van der Waals surface area (Å²) in [5, 5.41) is 8.89. The van der Waals surface area contributed by atoms with Gasteiger partial charge >= 0.3 is 0 Å². The fraction of sp³-hybridized carbons (Fsp3) is 0.167. The first kappa shape index (κ1) is 18.4. The summed E-state index contributed by atoms with van der Waals surface area (Å²) in [5.74, 6) is 0.772. The molecule has 3 nitrogen and oxygen atoms in total. The number of nitrogens with zero attached hydrogens (tertiary/aromatic N) is 2. The number of benzene rings is 2. The Balaban J connectivity index is 1.65. The monoisotopic (exact) mass is 354 g/mol. The van der Waals surface area contributed by atoms with E-state index in [9.17, 15) is 0 Å². The first-order valence-electron chi connectivity index (χ1n) is 9.15. The lowest BCUT2D eigenvalue weighted by Crippen LogP contribution is -1.94. The second kappa shape index (κ2) is 9.35. The lowest BCUT2D eigenvalue weighted by Gasteiger charge is -2.06. The molecule has 3 heteroatoms. The van der Waals surface area contributed by atoms with E-state index >= 15 is 0 Å². The smallest absolute Gasteiger partial charge is 0.138 e. The maximum atomic E-state index is 8.89. The molecule has 134 valence electrons. The predicted molar refractivity (Wildman–Crippen MR) is 109 cm³/mol. The molecule has 0 aliphatic rings. The van der Waals surface area contributed by atoms with Crippen LogP contribution in [0.25, 0.3) is 22.4 Å². The minimum atomic E-state index is 0.570. The van der Waals surface area contributed by atoms with Crippen molar-refractivity contribution in [1.82, 2.24) is 4.98 Å². The maximum Gasteiger partial charge on any atom is 0.138 e. The van der Waals surface area contributed by atoms with E-state index in [1.165, 1.54) is 0 Å². The average molecular weight is 354 g/mol. The summed E-state index contributed by atoms with van der Waals surface area (Å²) in [6, 6.07) is 21.9. The Morgan fingerprint density at radius 1 is 0.889 bits per heavy atom. The zero-order chi connectivity index (χ0) is 18.9. The van der Waals surface area contributed by atoms with Gasteiger partial charge in [0.1, 0.15) is 12.4 Å². The fourth-order valence-electron chi connectivity index (χ4n) is 2.70. The molecular weight excluding hydrogens is 332 g/mol. The summed E-state index contributed by atoms with van der Waals surface area (Å²) in [6.07, 6.45) is 8.17. The predicted octanol–water partition coefficient (Wildman–Crippen LogP) is 6.02. The average Bonchev–Trinajstić information content (AvgIpc) is 2.74. The van der Waals surface area contributed by atoms with Gasteiger partial charge in [0.15, 0.2) is 0 Å². The molecule has 0 N–H and O–H groups in total. The third-order valence-electron chi connectivity index (χ3n) is 4.23. The molecule has 0 aliphatic heterocycles. The van der Waals surface area contributed by atoms with E-state index in [1.807, 2.05) is 42.5 Å². The summed E-state index contributed by atoms with van der Waals surface area (Å²) in [4.78, 5) is 4.50. The number of aromatic nitrogens is 1. The Morgan fingerprint density at radius 2 is 1.56 bits per heavy atom. The molecule has 0 unspecified atom stereocenters. The quantitative estimate of drug-likeness (QED) is 0.487. The molecule has 0 fully saturated rings. The molecule has 3 aromatic rings. The SMILES string of the molecule is CCCC=CCOc1ccc(-c2ccc(-c3ccc(C#N)cc3)cc2)nc1. The van der Waals surface area contributed by atoms with Crippen LogP contribution in [0.4, 0.5) is 0 Å². The van der Waals surface area contributed by atoms with Crippen molar-refractivity contribution in [3.63, 3.8) is 0 Å². The summed E-state index contributed by atoms with van der Waals surface area (Å²) in [7, 11) is 0. The van der Waals surface area contributed by atoms with E-state index in [-0.39, 0.29) is 0 Å². The highest BCUT2D eigenvalue weighted by Crippen LogP contribution is 2.25. The highest BCUT2D eigenvalue weighted by atomic mass is 16.5. The molecule has 2 aromatic carbocycles. The van der Waals surface area contributed by atoms with Crippen LogP contribution >= 0.6 is 0 Å². The second-order valence-electron chi connectivity index (χ2n) is 6.22. The Bertz CT molecular complexity index is 918. The van der Waals surface area contributed by atoms with Crippen molar-refractivity contribution < 1.29 is 4.74 Å². The van der Waals surface area contributed by atoms with Gasteiger partial charge in [0, 0.05) is 5.56 Å². The molecule has 27 heavy (non-hydrogen) atoms. The summed E-state index contributed by atoms with van der Waals surface area (Å²) >= 11 is 0. The maximum absolute atomic E-state index is 8.89. The van der Waals surface area contributed by atoms with Crippen LogP contribution in [0.1, 0.15) is 25.3 Å². The van der Waals surface area contributed by atoms with Crippen LogP contribution < -0.4 is 4.74 Å². The van der Waals surface area contributed by atoms with Crippen LogP contribution in [0.5, 0.6) is 5.75 Å². The van der Waals surface area contributed by atoms with Gasteiger partial charge in [-0.1, -0.05) is 61.9 Å². The lowest BCUT2D eigenvalue weighted by molar-refractivity contribution is 0.361. The van der Waals surface area contributed by atoms with Gasteiger partial charge in [-0.05, 0) is 41.8 Å². The van der Waals surface area contributed by atoms with Crippen LogP contribution in [0, 0.1) is 11.3 Å². The van der Waals surface area contributed by atoms with Crippen LogP contribution in [0.3, 0.4) is 0 Å². The molecule has 0 amide bonds. The van der Waals surface area contributed by atoms with Crippen LogP contribution in [0.2, 0.25) is 0 Å². The Kier molecular flexibility index (Phi) is 6.38. The lowest BCUT2D eigenvalue weighted by atomic mass is 10.0. The van der Waals surface area contributed by atoms with E-state index in [0.29, 0.717) is 12.2 Å². The minimum absolute atomic E-state index is 0.570. The third-order valence-corrected chi connectivity index (χ3v) is 4.23. The van der Waals surface area contributed by atoms with E-state index < -0.39 is 0 Å². The molecule has 0 aliphatic carbocycles. The van der Waals surface area contributed by atoms with E-state index in [1.54, 1.807) is 6.20 Å². The number of hydrogen-bond donors (Lipinski definition) is 0. The topological polar surface area (TPSA) is 45.9 Å². The number of unbranched alkanes of at least 4 members (excludes halogenated alkanes) is 1. The molecule has 0 atom stereocenters. The van der Waals surface area contributed by atoms with Crippen molar-refractivity contribution in [3.05, 3.63) is 84.6 Å². The highest BCUT2D eigenvalue weighted by Gasteiger charge is 2.03. The van der Waals surface area contributed by atoms with Gasteiger partial charge in [0.25, 0.3) is 0 Å². The summed E-state index contributed by atoms with van der Waals surface area (Å²) in [5.41, 5.74) is 4.84. The zero-order valence-electron chi connectivity index (χ0n) is 15.4. The van der Waals surface area contributed by atoms with Gasteiger partial charge in [-0.3, -0.25) is 4.98 Å². The zero-order valence-corrected chi connectivity index (χ0v) is 15.4. The Morgan fingerprint density at radius 3 is 2.15 bits per heavy atom. The number of nitriles is 1. The van der Waals surface area contributed by atoms with Gasteiger partial charge in [-0.15, -0.1) is 0 Å². The normalized spacial score (nSPS) is 10.7. The molecule has 0 saturated carbocycles. The number of rotatable bonds is 7. The number of allylic oxidation sites excluding steroid dienone is 1. The molecule has 0 bridgehead atoms. The van der Waals surface area contributed by atoms with E-state index in [4.69, 9.17) is 10.00 Å². The van der Waals surface area contributed by atoms with E-state index in [0.717, 1.165) is 41.0 Å². The second-order valence-corrected chi connectivity index (χ2v) is 6.22. The molecule has 0 spiro atoms. The van der Waals surface area contributed by atoms with Crippen molar-refractivity contribution in [1.29, 1.82) is 5.26 Å². The third kappa shape index (κ3) is 5.05. The van der Waals surface area contributed by atoms with Gasteiger partial charge in [-0.25, -0.2) is 0 Å². The van der Waals surface area contributed by atoms with Crippen molar-refractivity contribution >= 4 is 0 Å². The Labute approximate surface area is 160 Å². The first-order valence-corrected chi connectivity index (χ1v) is 9.15. The number of ether oxygens (including phenoxy) is 1. The molecule has 0 radical (unpaired) electrons. The van der Waals surface area contributed by atoms with Gasteiger partial charge in [0.05, 0.1) is 23.5 Å². The largest absolute Gasteiger partial charge is 0.488 e. The van der Waals surface area contributed by atoms with Crippen LogP contribution in [0.15, 0.2) is 79.0 Å². The van der Waals surface area contributed by atoms with Gasteiger partial charge < -0.3 is 4.74 Å². The molecule has 0 saturated heterocycles. The fourth-order valence-corrected chi connectivity index (χ4v) is 2.70. The first-order chi connectivity index (χ1) is 13.3. The van der Waals surface area contributed by atoms with Crippen LogP contribution in [-0.4, -0.2) is 11.6 Å². The van der Waals surface area contributed by atoms with Crippen molar-refractivity contribution in [2.45, 2.75) is 19.8 Å². The molecule has 1 heterocycles. The van der Waals surface area contributed by atoms with Crippen molar-refractivity contribution in [2.75, 3.05) is 6.61 Å².